The van der Waals surface area contributed by atoms with Crippen LogP contribution in [0.3, 0.4) is 0 Å². The van der Waals surface area contributed by atoms with Gasteiger partial charge in [0.2, 0.25) is 0 Å². The second-order valence-corrected chi connectivity index (χ2v) is 12.9. The molecule has 2 heterocycles. The van der Waals surface area contributed by atoms with Gasteiger partial charge in [-0.3, -0.25) is 0 Å². The zero-order chi connectivity index (χ0) is 33.7. The van der Waals surface area contributed by atoms with Gasteiger partial charge in [-0.25, -0.2) is 15.0 Å². The van der Waals surface area contributed by atoms with Gasteiger partial charge in [-0.15, -0.1) is 0 Å². The zero-order valence-corrected chi connectivity index (χ0v) is 27.6. The summed E-state index contributed by atoms with van der Waals surface area (Å²) in [6.45, 7) is 0. The molecular formula is C47H30N4. The zero-order valence-electron chi connectivity index (χ0n) is 27.6. The van der Waals surface area contributed by atoms with Gasteiger partial charge in [0, 0.05) is 33.2 Å². The minimum Gasteiger partial charge on any atom is -0.309 e. The van der Waals surface area contributed by atoms with Crippen molar-refractivity contribution in [3.8, 4) is 51.0 Å². The van der Waals surface area contributed by atoms with Gasteiger partial charge in [-0.2, -0.15) is 0 Å². The maximum Gasteiger partial charge on any atom is 0.164 e. The summed E-state index contributed by atoms with van der Waals surface area (Å²) in [5, 5.41) is 7.18. The third kappa shape index (κ3) is 4.96. The van der Waals surface area contributed by atoms with Crippen molar-refractivity contribution in [2.24, 2.45) is 0 Å². The molecule has 238 valence electrons. The third-order valence-electron chi connectivity index (χ3n) is 9.84. The molecule has 0 aliphatic rings. The first-order valence-electron chi connectivity index (χ1n) is 17.2. The highest BCUT2D eigenvalue weighted by atomic mass is 15.0. The minimum atomic E-state index is 0.639. The Morgan fingerprint density at radius 3 is 1.57 bits per heavy atom. The number of fused-ring (bicyclic) bond motifs is 6. The van der Waals surface area contributed by atoms with Crippen molar-refractivity contribution in [2.75, 3.05) is 0 Å². The highest BCUT2D eigenvalue weighted by Gasteiger charge is 2.17. The van der Waals surface area contributed by atoms with E-state index in [9.17, 15) is 0 Å². The molecule has 0 amide bonds. The van der Waals surface area contributed by atoms with E-state index in [2.05, 4.69) is 168 Å². The summed E-state index contributed by atoms with van der Waals surface area (Å²) in [5.74, 6) is 1.94. The Bertz CT molecular complexity index is 2850. The lowest BCUT2D eigenvalue weighted by Gasteiger charge is -2.13. The summed E-state index contributed by atoms with van der Waals surface area (Å²) in [6.07, 6.45) is 0. The molecule has 4 nitrogen and oxygen atoms in total. The summed E-state index contributed by atoms with van der Waals surface area (Å²) in [7, 11) is 0. The topological polar surface area (TPSA) is 43.6 Å². The van der Waals surface area contributed by atoms with Gasteiger partial charge in [0.25, 0.3) is 0 Å². The molecule has 0 aliphatic heterocycles. The van der Waals surface area contributed by atoms with E-state index in [4.69, 9.17) is 15.0 Å². The molecule has 0 saturated carbocycles. The van der Waals surface area contributed by atoms with Crippen molar-refractivity contribution in [1.82, 2.24) is 19.5 Å². The minimum absolute atomic E-state index is 0.639. The van der Waals surface area contributed by atoms with Crippen molar-refractivity contribution in [1.29, 1.82) is 0 Å². The SMILES string of the molecule is c1ccc(-c2nc(-c3cccc(-c4ccc(-n5c6ccccc6c6ccccc65)cc4)c3)nc(-c3cc4ccccc4c4ccccc34)n2)cc1. The first-order chi connectivity index (χ1) is 25.3. The Morgan fingerprint density at radius 1 is 0.314 bits per heavy atom. The summed E-state index contributed by atoms with van der Waals surface area (Å²) >= 11 is 0. The van der Waals surface area contributed by atoms with Crippen molar-refractivity contribution in [3.05, 3.63) is 182 Å². The monoisotopic (exact) mass is 650 g/mol. The van der Waals surface area contributed by atoms with Crippen LogP contribution in [0.15, 0.2) is 182 Å². The molecule has 0 unspecified atom stereocenters. The van der Waals surface area contributed by atoms with Gasteiger partial charge >= 0.3 is 0 Å². The fraction of sp³-hybridized carbons (Fsp3) is 0. The molecule has 0 saturated heterocycles. The first kappa shape index (κ1) is 29.0. The van der Waals surface area contributed by atoms with Gasteiger partial charge < -0.3 is 4.57 Å². The van der Waals surface area contributed by atoms with Gasteiger partial charge in [0.1, 0.15) is 0 Å². The van der Waals surface area contributed by atoms with E-state index >= 15 is 0 Å². The summed E-state index contributed by atoms with van der Waals surface area (Å²) in [5.41, 5.74) is 8.63. The number of hydrogen-bond acceptors (Lipinski definition) is 3. The smallest absolute Gasteiger partial charge is 0.164 e. The summed E-state index contributed by atoms with van der Waals surface area (Å²) < 4.78 is 2.35. The number of hydrogen-bond donors (Lipinski definition) is 0. The summed E-state index contributed by atoms with van der Waals surface area (Å²) in [6, 6.07) is 63.9. The summed E-state index contributed by atoms with van der Waals surface area (Å²) in [4.78, 5) is 15.3. The van der Waals surface area contributed by atoms with Crippen LogP contribution in [0.2, 0.25) is 0 Å². The lowest BCUT2D eigenvalue weighted by Crippen LogP contribution is -2.01. The predicted molar refractivity (Wildman–Crippen MR) is 211 cm³/mol. The van der Waals surface area contributed by atoms with E-state index in [1.165, 1.54) is 32.6 Å². The van der Waals surface area contributed by atoms with E-state index in [-0.39, 0.29) is 0 Å². The normalized spacial score (nSPS) is 11.5. The Labute approximate surface area is 295 Å². The molecule has 2 aromatic heterocycles. The maximum atomic E-state index is 5.17. The van der Waals surface area contributed by atoms with Crippen molar-refractivity contribution in [2.45, 2.75) is 0 Å². The third-order valence-corrected chi connectivity index (χ3v) is 9.84. The Hall–Kier alpha value is -6.91. The number of aromatic nitrogens is 4. The molecule has 0 radical (unpaired) electrons. The molecule has 0 fully saturated rings. The molecule has 0 spiro atoms. The Balaban J connectivity index is 1.10. The van der Waals surface area contributed by atoms with Crippen molar-refractivity contribution in [3.63, 3.8) is 0 Å². The van der Waals surface area contributed by atoms with E-state index in [1.807, 2.05) is 18.2 Å². The molecule has 10 aromatic rings. The van der Waals surface area contributed by atoms with Crippen LogP contribution >= 0.6 is 0 Å². The highest BCUT2D eigenvalue weighted by Crippen LogP contribution is 2.36. The van der Waals surface area contributed by atoms with Crippen LogP contribution in [-0.2, 0) is 0 Å². The number of para-hydroxylation sites is 2. The van der Waals surface area contributed by atoms with Crippen molar-refractivity contribution >= 4 is 43.4 Å². The molecule has 8 aromatic carbocycles. The maximum absolute atomic E-state index is 5.17. The lowest BCUT2D eigenvalue weighted by molar-refractivity contribution is 1.08. The first-order valence-corrected chi connectivity index (χ1v) is 17.2. The number of benzene rings is 8. The molecule has 4 heteroatoms. The predicted octanol–water partition coefficient (Wildman–Crippen LogP) is 11.9. The molecule has 0 aliphatic carbocycles. The quantitative estimate of drug-likeness (QED) is 0.174. The van der Waals surface area contributed by atoms with Crippen LogP contribution in [0.1, 0.15) is 0 Å². The van der Waals surface area contributed by atoms with E-state index in [0.717, 1.165) is 44.3 Å². The van der Waals surface area contributed by atoms with Crippen LogP contribution in [-0.4, -0.2) is 19.5 Å². The van der Waals surface area contributed by atoms with Gasteiger partial charge in [-0.05, 0) is 69.1 Å². The fourth-order valence-electron chi connectivity index (χ4n) is 7.42. The fourth-order valence-corrected chi connectivity index (χ4v) is 7.42. The standard InChI is InChI=1S/C47H30N4/c1-2-13-32(14-3-1)45-48-46(50-47(49-45)42-30-34-15-4-5-18-37(34)38-19-6-7-20-39(38)42)35-17-12-16-33(29-35)31-25-27-36(28-26-31)51-43-23-10-8-21-40(43)41-22-9-11-24-44(41)51/h1-30H. The van der Waals surface area contributed by atoms with Crippen LogP contribution < -0.4 is 0 Å². The van der Waals surface area contributed by atoms with Crippen LogP contribution in [0, 0.1) is 0 Å². The Morgan fingerprint density at radius 2 is 0.843 bits per heavy atom. The van der Waals surface area contributed by atoms with Gasteiger partial charge in [0.15, 0.2) is 17.5 Å². The van der Waals surface area contributed by atoms with E-state index in [0.29, 0.717) is 17.5 Å². The van der Waals surface area contributed by atoms with Crippen LogP contribution in [0.5, 0.6) is 0 Å². The number of nitrogens with zero attached hydrogens (tertiary/aromatic N) is 4. The molecule has 0 atom stereocenters. The van der Waals surface area contributed by atoms with Crippen molar-refractivity contribution < 1.29 is 0 Å². The van der Waals surface area contributed by atoms with E-state index < -0.39 is 0 Å². The second kappa shape index (κ2) is 11.9. The highest BCUT2D eigenvalue weighted by molar-refractivity contribution is 6.13. The molecule has 0 bridgehead atoms. The molecule has 51 heavy (non-hydrogen) atoms. The lowest BCUT2D eigenvalue weighted by atomic mass is 9.97. The Kier molecular flexibility index (Phi) is 6.78. The molecule has 0 N–H and O–H groups in total. The average molecular weight is 651 g/mol. The van der Waals surface area contributed by atoms with Crippen LogP contribution in [0.4, 0.5) is 0 Å². The second-order valence-electron chi connectivity index (χ2n) is 12.9. The largest absolute Gasteiger partial charge is 0.309 e. The molecule has 10 rings (SSSR count). The number of rotatable bonds is 5. The van der Waals surface area contributed by atoms with E-state index in [1.54, 1.807) is 0 Å². The average Bonchev–Trinajstić information content (AvgIpc) is 3.55. The van der Waals surface area contributed by atoms with Gasteiger partial charge in [0.05, 0.1) is 11.0 Å². The molecular weight excluding hydrogens is 621 g/mol. The van der Waals surface area contributed by atoms with Crippen LogP contribution in [0.25, 0.3) is 94.3 Å². The van der Waals surface area contributed by atoms with Gasteiger partial charge in [-0.1, -0.05) is 146 Å².